The van der Waals surface area contributed by atoms with E-state index in [1.807, 2.05) is 43.3 Å². The maximum Gasteiger partial charge on any atom is 0.228 e. The number of carbonyl (C=O) groups excluding carboxylic acids is 2. The van der Waals surface area contributed by atoms with Crippen molar-refractivity contribution in [1.29, 1.82) is 0 Å². The van der Waals surface area contributed by atoms with Crippen molar-refractivity contribution >= 4 is 17.5 Å². The second kappa shape index (κ2) is 7.47. The summed E-state index contributed by atoms with van der Waals surface area (Å²) in [5.74, 6) is 0.417. The molecule has 0 aliphatic carbocycles. The van der Waals surface area contributed by atoms with Crippen LogP contribution in [-0.2, 0) is 9.59 Å². The van der Waals surface area contributed by atoms with E-state index in [1.165, 1.54) is 0 Å². The van der Waals surface area contributed by atoms with Gasteiger partial charge in [-0.05, 0) is 36.2 Å². The highest BCUT2D eigenvalue weighted by molar-refractivity contribution is 6.01. The fraction of sp³-hybridized carbons (Fsp3) is 0.300. The summed E-state index contributed by atoms with van der Waals surface area (Å²) in [6, 6.07) is 12.7. The van der Waals surface area contributed by atoms with Crippen LogP contribution in [0.25, 0.3) is 0 Å². The Kier molecular flexibility index (Phi) is 5.11. The fourth-order valence-corrected chi connectivity index (χ4v) is 3.16. The maximum absolute atomic E-state index is 12.8. The first-order chi connectivity index (χ1) is 12.5. The van der Waals surface area contributed by atoms with Crippen LogP contribution >= 0.6 is 0 Å². The Morgan fingerprint density at radius 3 is 2.62 bits per heavy atom. The topological polar surface area (TPSA) is 76.7 Å². The molecule has 2 aromatic carbocycles. The van der Waals surface area contributed by atoms with Gasteiger partial charge in [0.1, 0.15) is 0 Å². The molecule has 0 bridgehead atoms. The zero-order valence-corrected chi connectivity index (χ0v) is 15.0. The van der Waals surface area contributed by atoms with Gasteiger partial charge in [-0.25, -0.2) is 0 Å². The van der Waals surface area contributed by atoms with Crippen LogP contribution in [0, 0.1) is 0 Å². The summed E-state index contributed by atoms with van der Waals surface area (Å²) >= 11 is 0. The van der Waals surface area contributed by atoms with Gasteiger partial charge in [-0.15, -0.1) is 0 Å². The Morgan fingerprint density at radius 1 is 1.15 bits per heavy atom. The van der Waals surface area contributed by atoms with E-state index in [4.69, 9.17) is 9.47 Å². The number of fused-ring (bicyclic) bond motifs is 1. The number of nitrogens with one attached hydrogen (secondary N) is 2. The molecule has 1 aliphatic heterocycles. The lowest BCUT2D eigenvalue weighted by molar-refractivity contribution is -0.126. The van der Waals surface area contributed by atoms with Crippen molar-refractivity contribution in [1.82, 2.24) is 5.32 Å². The molecular weight excluding hydrogens is 332 g/mol. The molecule has 2 unspecified atom stereocenters. The van der Waals surface area contributed by atoms with Crippen molar-refractivity contribution < 1.29 is 19.1 Å². The minimum absolute atomic E-state index is 0.140. The standard InChI is InChI=1S/C20H22N2O4/c1-12(13-8-9-17(25-2)18(10-13)26-3)21-20(24)15-11-19(23)22-16-7-5-4-6-14(15)16/h4-10,12,15H,11H2,1-3H3,(H,21,24)(H,22,23). The van der Waals surface area contributed by atoms with E-state index < -0.39 is 5.92 Å². The number of ether oxygens (including phenoxy) is 2. The summed E-state index contributed by atoms with van der Waals surface area (Å²) in [4.78, 5) is 24.7. The van der Waals surface area contributed by atoms with Gasteiger partial charge in [0.05, 0.1) is 26.2 Å². The number of benzene rings is 2. The molecule has 0 fully saturated rings. The molecule has 0 radical (unpaired) electrons. The van der Waals surface area contributed by atoms with Crippen LogP contribution < -0.4 is 20.1 Å². The Bertz CT molecular complexity index is 834. The predicted octanol–water partition coefficient (Wildman–Crippen LogP) is 3.01. The van der Waals surface area contributed by atoms with Gasteiger partial charge in [0.25, 0.3) is 0 Å². The molecule has 0 saturated heterocycles. The zero-order valence-electron chi connectivity index (χ0n) is 15.0. The zero-order chi connectivity index (χ0) is 18.7. The SMILES string of the molecule is COc1ccc(C(C)NC(=O)C2CC(=O)Nc3ccccc32)cc1OC. The molecule has 2 amide bonds. The molecular formula is C20H22N2O4. The van der Waals surface area contributed by atoms with Crippen molar-refractivity contribution in [2.45, 2.75) is 25.3 Å². The normalized spacial score (nSPS) is 16.9. The van der Waals surface area contributed by atoms with E-state index in [9.17, 15) is 9.59 Å². The summed E-state index contributed by atoms with van der Waals surface area (Å²) in [6.45, 7) is 1.90. The van der Waals surface area contributed by atoms with Gasteiger partial charge in [0, 0.05) is 12.1 Å². The Balaban J connectivity index is 1.79. The average Bonchev–Trinajstić information content (AvgIpc) is 2.66. The van der Waals surface area contributed by atoms with Gasteiger partial charge in [0.2, 0.25) is 11.8 Å². The first-order valence-electron chi connectivity index (χ1n) is 8.44. The van der Waals surface area contributed by atoms with Gasteiger partial charge in [0.15, 0.2) is 11.5 Å². The van der Waals surface area contributed by atoms with Gasteiger partial charge >= 0.3 is 0 Å². The number of rotatable bonds is 5. The Hall–Kier alpha value is -3.02. The quantitative estimate of drug-likeness (QED) is 0.865. The number of hydrogen-bond acceptors (Lipinski definition) is 4. The monoisotopic (exact) mass is 354 g/mol. The molecule has 2 atom stereocenters. The summed E-state index contributed by atoms with van der Waals surface area (Å²) in [5.41, 5.74) is 2.43. The van der Waals surface area contributed by atoms with Crippen molar-refractivity contribution in [3.63, 3.8) is 0 Å². The summed E-state index contributed by atoms with van der Waals surface area (Å²) < 4.78 is 10.6. The molecule has 1 aliphatic rings. The number of para-hydroxylation sites is 1. The lowest BCUT2D eigenvalue weighted by Crippen LogP contribution is -2.36. The van der Waals surface area contributed by atoms with Crippen LogP contribution in [0.1, 0.15) is 36.4 Å². The van der Waals surface area contributed by atoms with Crippen molar-refractivity contribution in [2.75, 3.05) is 19.5 Å². The van der Waals surface area contributed by atoms with Gasteiger partial charge in [-0.2, -0.15) is 0 Å². The van der Waals surface area contributed by atoms with Crippen LogP contribution in [-0.4, -0.2) is 26.0 Å². The number of carbonyl (C=O) groups is 2. The summed E-state index contributed by atoms with van der Waals surface area (Å²) in [6.07, 6.45) is 0.140. The molecule has 26 heavy (non-hydrogen) atoms. The first-order valence-corrected chi connectivity index (χ1v) is 8.44. The predicted molar refractivity (Wildman–Crippen MR) is 98.5 cm³/mol. The van der Waals surface area contributed by atoms with Gasteiger partial charge < -0.3 is 20.1 Å². The molecule has 0 aromatic heterocycles. The third-order valence-electron chi connectivity index (χ3n) is 4.58. The maximum atomic E-state index is 12.8. The lowest BCUT2D eigenvalue weighted by Gasteiger charge is -2.26. The third kappa shape index (κ3) is 3.49. The van der Waals surface area contributed by atoms with Crippen molar-refractivity contribution in [3.8, 4) is 11.5 Å². The van der Waals surface area contributed by atoms with Crippen LogP contribution in [0.3, 0.4) is 0 Å². The lowest BCUT2D eigenvalue weighted by atomic mass is 9.89. The third-order valence-corrected chi connectivity index (χ3v) is 4.58. The van der Waals surface area contributed by atoms with E-state index in [0.717, 1.165) is 11.1 Å². The van der Waals surface area contributed by atoms with E-state index in [0.29, 0.717) is 17.2 Å². The molecule has 136 valence electrons. The first kappa shape index (κ1) is 17.8. The molecule has 1 heterocycles. The number of anilines is 1. The summed E-state index contributed by atoms with van der Waals surface area (Å²) in [5, 5.41) is 5.81. The minimum atomic E-state index is -0.498. The number of amides is 2. The number of methoxy groups -OCH3 is 2. The molecule has 2 aromatic rings. The highest BCUT2D eigenvalue weighted by atomic mass is 16.5. The van der Waals surface area contributed by atoms with Crippen LogP contribution in [0.15, 0.2) is 42.5 Å². The van der Waals surface area contributed by atoms with Gasteiger partial charge in [-0.1, -0.05) is 24.3 Å². The van der Waals surface area contributed by atoms with Crippen molar-refractivity contribution in [2.24, 2.45) is 0 Å². The highest BCUT2D eigenvalue weighted by Crippen LogP contribution is 2.33. The van der Waals surface area contributed by atoms with Crippen LogP contribution in [0.2, 0.25) is 0 Å². The van der Waals surface area contributed by atoms with E-state index in [2.05, 4.69) is 10.6 Å². The molecule has 2 N–H and O–H groups in total. The molecule has 6 nitrogen and oxygen atoms in total. The van der Waals surface area contributed by atoms with Crippen molar-refractivity contribution in [3.05, 3.63) is 53.6 Å². The molecule has 6 heteroatoms. The largest absolute Gasteiger partial charge is 0.493 e. The Morgan fingerprint density at radius 2 is 1.88 bits per heavy atom. The summed E-state index contributed by atoms with van der Waals surface area (Å²) in [7, 11) is 3.15. The molecule has 0 spiro atoms. The molecule has 3 rings (SSSR count). The smallest absolute Gasteiger partial charge is 0.228 e. The second-order valence-electron chi connectivity index (χ2n) is 6.24. The van der Waals surface area contributed by atoms with E-state index in [-0.39, 0.29) is 24.3 Å². The number of hydrogen-bond donors (Lipinski definition) is 2. The van der Waals surface area contributed by atoms with Gasteiger partial charge in [-0.3, -0.25) is 9.59 Å². The molecule has 0 saturated carbocycles. The average molecular weight is 354 g/mol. The second-order valence-corrected chi connectivity index (χ2v) is 6.24. The highest BCUT2D eigenvalue weighted by Gasteiger charge is 2.31. The van der Waals surface area contributed by atoms with Crippen LogP contribution in [0.5, 0.6) is 11.5 Å². The van der Waals surface area contributed by atoms with Crippen LogP contribution in [0.4, 0.5) is 5.69 Å². The van der Waals surface area contributed by atoms with E-state index >= 15 is 0 Å². The fourth-order valence-electron chi connectivity index (χ4n) is 3.16. The van der Waals surface area contributed by atoms with E-state index in [1.54, 1.807) is 20.3 Å². The Labute approximate surface area is 152 Å². The minimum Gasteiger partial charge on any atom is -0.493 e.